The molecule has 0 unspecified atom stereocenters. The Kier molecular flexibility index (Phi) is 8.40. The molecule has 1 saturated heterocycles. The average molecular weight is 346 g/mol. The molecule has 132 valence electrons. The zero-order chi connectivity index (χ0) is 17.4. The molecule has 2 N–H and O–H groups in total. The molecule has 7 nitrogen and oxygen atoms in total. The fourth-order valence-corrected chi connectivity index (χ4v) is 2.37. The van der Waals surface area contributed by atoms with Gasteiger partial charge in [0.15, 0.2) is 12.2 Å². The third-order valence-electron chi connectivity index (χ3n) is 3.20. The Balaban J connectivity index is 2.51. The fourth-order valence-electron chi connectivity index (χ4n) is 1.90. The van der Waals surface area contributed by atoms with Crippen LogP contribution in [0, 0.1) is 5.92 Å². The molecule has 2 amide bonds. The third kappa shape index (κ3) is 6.78. The number of esters is 1. The molecule has 0 aromatic carbocycles. The van der Waals surface area contributed by atoms with E-state index < -0.39 is 30.1 Å². The first kappa shape index (κ1) is 19.8. The molecule has 1 fully saturated rings. The van der Waals surface area contributed by atoms with Crippen molar-refractivity contribution in [2.75, 3.05) is 25.2 Å². The van der Waals surface area contributed by atoms with Crippen LogP contribution >= 0.6 is 11.8 Å². The number of carbonyl (C=O) groups excluding carboxylic acids is 3. The molecular weight excluding hydrogens is 320 g/mol. The number of hydrogen-bond acceptors (Lipinski definition) is 6. The van der Waals surface area contributed by atoms with Crippen molar-refractivity contribution in [2.45, 2.75) is 45.4 Å². The van der Waals surface area contributed by atoms with Gasteiger partial charge in [0, 0.05) is 6.54 Å². The highest BCUT2D eigenvalue weighted by molar-refractivity contribution is 7.98. The minimum absolute atomic E-state index is 0.213. The zero-order valence-electron chi connectivity index (χ0n) is 14.1. The summed E-state index contributed by atoms with van der Waals surface area (Å²) in [6, 6.07) is -0.624. The average Bonchev–Trinajstić information content (AvgIpc) is 3.29. The van der Waals surface area contributed by atoms with Crippen LogP contribution in [0.1, 0.15) is 27.2 Å². The summed E-state index contributed by atoms with van der Waals surface area (Å²) < 4.78 is 9.85. The van der Waals surface area contributed by atoms with Gasteiger partial charge in [-0.3, -0.25) is 9.59 Å². The van der Waals surface area contributed by atoms with Crippen molar-refractivity contribution >= 4 is 29.5 Å². The molecule has 1 rings (SSSR count). The lowest BCUT2D eigenvalue weighted by Gasteiger charge is -2.18. The van der Waals surface area contributed by atoms with Crippen LogP contribution in [0.15, 0.2) is 0 Å². The van der Waals surface area contributed by atoms with Crippen LogP contribution in [-0.2, 0) is 23.9 Å². The topological polar surface area (TPSA) is 97.0 Å². The Bertz CT molecular complexity index is 430. The smallest absolute Gasteiger partial charge is 0.338 e. The number of amides is 2. The van der Waals surface area contributed by atoms with Gasteiger partial charge in [0.25, 0.3) is 5.91 Å². The molecule has 0 radical (unpaired) electrons. The first-order valence-corrected chi connectivity index (χ1v) is 9.19. The summed E-state index contributed by atoms with van der Waals surface area (Å²) in [6.07, 6.45) is 0.748. The molecule has 23 heavy (non-hydrogen) atoms. The van der Waals surface area contributed by atoms with Crippen molar-refractivity contribution in [1.29, 1.82) is 0 Å². The SMILES string of the molecule is CCOC(=O)[C@H]1O[C@@H]1C(=O)N[C@@H](CCSC)C(=O)NCC(C)C. The van der Waals surface area contributed by atoms with E-state index in [0.717, 1.165) is 5.75 Å². The van der Waals surface area contributed by atoms with Crippen LogP contribution in [0.3, 0.4) is 0 Å². The van der Waals surface area contributed by atoms with E-state index in [1.54, 1.807) is 18.7 Å². The van der Waals surface area contributed by atoms with E-state index in [2.05, 4.69) is 10.6 Å². The van der Waals surface area contributed by atoms with Gasteiger partial charge in [-0.2, -0.15) is 11.8 Å². The minimum Gasteiger partial charge on any atom is -0.464 e. The van der Waals surface area contributed by atoms with Crippen LogP contribution in [0.2, 0.25) is 0 Å². The normalized spacial score (nSPS) is 20.7. The second kappa shape index (κ2) is 9.77. The maximum atomic E-state index is 12.2. The Hall–Kier alpha value is -1.28. The summed E-state index contributed by atoms with van der Waals surface area (Å²) >= 11 is 1.60. The number of thioether (sulfide) groups is 1. The maximum Gasteiger partial charge on any atom is 0.338 e. The van der Waals surface area contributed by atoms with Crippen molar-refractivity contribution in [3.63, 3.8) is 0 Å². The van der Waals surface area contributed by atoms with Gasteiger partial charge < -0.3 is 20.1 Å². The van der Waals surface area contributed by atoms with E-state index in [-0.39, 0.29) is 12.5 Å². The molecule has 0 saturated carbocycles. The molecule has 1 heterocycles. The van der Waals surface area contributed by atoms with Crippen LogP contribution in [0.25, 0.3) is 0 Å². The molecule has 0 aromatic heterocycles. The minimum atomic E-state index is -0.858. The quantitative estimate of drug-likeness (QED) is 0.437. The molecule has 0 bridgehead atoms. The number of carbonyl (C=O) groups is 3. The molecule has 1 aliphatic rings. The third-order valence-corrected chi connectivity index (χ3v) is 3.84. The van der Waals surface area contributed by atoms with Crippen LogP contribution in [0.4, 0.5) is 0 Å². The zero-order valence-corrected chi connectivity index (χ0v) is 14.9. The molecule has 8 heteroatoms. The predicted octanol–water partition coefficient (Wildman–Crippen LogP) is 0.327. The van der Waals surface area contributed by atoms with Crippen molar-refractivity contribution < 1.29 is 23.9 Å². The van der Waals surface area contributed by atoms with Gasteiger partial charge in [-0.1, -0.05) is 13.8 Å². The summed E-state index contributed by atoms with van der Waals surface area (Å²) in [5.41, 5.74) is 0. The van der Waals surface area contributed by atoms with E-state index in [4.69, 9.17) is 9.47 Å². The number of ether oxygens (including phenoxy) is 2. The molecular formula is C15H26N2O5S. The number of rotatable bonds is 10. The largest absolute Gasteiger partial charge is 0.464 e. The molecule has 0 spiro atoms. The van der Waals surface area contributed by atoms with E-state index >= 15 is 0 Å². The molecule has 0 aliphatic carbocycles. The van der Waals surface area contributed by atoms with Crippen LogP contribution in [-0.4, -0.2) is 61.2 Å². The highest BCUT2D eigenvalue weighted by Gasteiger charge is 2.52. The predicted molar refractivity (Wildman–Crippen MR) is 88.1 cm³/mol. The van der Waals surface area contributed by atoms with Gasteiger partial charge in [0.2, 0.25) is 5.91 Å². The fraction of sp³-hybridized carbons (Fsp3) is 0.800. The van der Waals surface area contributed by atoms with Crippen molar-refractivity contribution in [3.8, 4) is 0 Å². The van der Waals surface area contributed by atoms with Crippen LogP contribution in [0.5, 0.6) is 0 Å². The Morgan fingerprint density at radius 2 is 1.96 bits per heavy atom. The van der Waals surface area contributed by atoms with Crippen LogP contribution < -0.4 is 10.6 Å². The van der Waals surface area contributed by atoms with Crippen molar-refractivity contribution in [1.82, 2.24) is 10.6 Å². The Morgan fingerprint density at radius 1 is 1.26 bits per heavy atom. The summed E-state index contributed by atoms with van der Waals surface area (Å²) in [4.78, 5) is 35.8. The number of epoxide rings is 1. The molecule has 3 atom stereocenters. The highest BCUT2D eigenvalue weighted by atomic mass is 32.2. The van der Waals surface area contributed by atoms with Gasteiger partial charge in [-0.05, 0) is 31.3 Å². The summed E-state index contributed by atoms with van der Waals surface area (Å²) in [5.74, 6) is -0.135. The maximum absolute atomic E-state index is 12.2. The molecule has 1 aliphatic heterocycles. The first-order valence-electron chi connectivity index (χ1n) is 7.79. The van der Waals surface area contributed by atoms with Gasteiger partial charge >= 0.3 is 5.97 Å². The second-order valence-electron chi connectivity index (χ2n) is 5.71. The van der Waals surface area contributed by atoms with E-state index in [9.17, 15) is 14.4 Å². The standard InChI is InChI=1S/C15H26N2O5S/c1-5-21-15(20)12-11(22-12)14(19)17-10(6-7-23-4)13(18)16-8-9(2)3/h9-12H,5-8H2,1-4H3,(H,16,18)(H,17,19)/t10-,11-,12-/m0/s1. The summed E-state index contributed by atoms with van der Waals surface area (Å²) in [6.45, 7) is 6.47. The number of hydrogen-bond donors (Lipinski definition) is 2. The van der Waals surface area contributed by atoms with Gasteiger partial charge in [-0.25, -0.2) is 4.79 Å². The lowest BCUT2D eigenvalue weighted by molar-refractivity contribution is -0.144. The monoisotopic (exact) mass is 346 g/mol. The van der Waals surface area contributed by atoms with Gasteiger partial charge in [-0.15, -0.1) is 0 Å². The van der Waals surface area contributed by atoms with E-state index in [1.165, 1.54) is 0 Å². The summed E-state index contributed by atoms with van der Waals surface area (Å²) in [7, 11) is 0. The lowest BCUT2D eigenvalue weighted by Crippen LogP contribution is -2.49. The number of nitrogens with one attached hydrogen (secondary N) is 2. The highest BCUT2D eigenvalue weighted by Crippen LogP contribution is 2.23. The van der Waals surface area contributed by atoms with E-state index in [0.29, 0.717) is 18.9 Å². The Morgan fingerprint density at radius 3 is 2.52 bits per heavy atom. The lowest BCUT2D eigenvalue weighted by atomic mass is 10.1. The first-order chi connectivity index (χ1) is 10.9. The van der Waals surface area contributed by atoms with Gasteiger partial charge in [0.05, 0.1) is 6.61 Å². The Labute approximate surface area is 141 Å². The van der Waals surface area contributed by atoms with Gasteiger partial charge in [0.1, 0.15) is 6.04 Å². The second-order valence-corrected chi connectivity index (χ2v) is 6.70. The molecule has 0 aromatic rings. The van der Waals surface area contributed by atoms with E-state index in [1.807, 2.05) is 20.1 Å². The summed E-state index contributed by atoms with van der Waals surface area (Å²) in [5, 5.41) is 5.48. The van der Waals surface area contributed by atoms with Crippen molar-refractivity contribution in [3.05, 3.63) is 0 Å². The van der Waals surface area contributed by atoms with Crippen molar-refractivity contribution in [2.24, 2.45) is 5.92 Å².